The van der Waals surface area contributed by atoms with Crippen LogP contribution in [0.15, 0.2) is 64.5 Å². The minimum atomic E-state index is -1.11. The van der Waals surface area contributed by atoms with Crippen LogP contribution in [0.25, 0.3) is 16.6 Å². The number of para-hydroxylation sites is 2. The Morgan fingerprint density at radius 3 is 2.36 bits per heavy atom. The molecule has 9 nitrogen and oxygen atoms in total. The second kappa shape index (κ2) is 7.72. The van der Waals surface area contributed by atoms with Crippen LogP contribution in [0.2, 0.25) is 0 Å². The van der Waals surface area contributed by atoms with Crippen LogP contribution in [-0.4, -0.2) is 27.2 Å². The van der Waals surface area contributed by atoms with Crippen molar-refractivity contribution in [3.8, 4) is 11.4 Å². The first kappa shape index (κ1) is 18.8. The van der Waals surface area contributed by atoms with Gasteiger partial charge in [-0.15, -0.1) is 0 Å². The molecule has 0 aliphatic heterocycles. The van der Waals surface area contributed by atoms with E-state index < -0.39 is 17.4 Å². The molecule has 0 aliphatic rings. The number of carbonyl (C=O) groups excluding carboxylic acids is 2. The normalized spacial score (nSPS) is 11.3. The highest BCUT2D eigenvalue weighted by Crippen LogP contribution is 2.28. The summed E-state index contributed by atoms with van der Waals surface area (Å²) in [6.07, 6.45) is 0. The van der Waals surface area contributed by atoms with Crippen LogP contribution < -0.4 is 22.3 Å². The number of pyridine rings is 1. The second-order valence-electron chi connectivity index (χ2n) is 5.83. The van der Waals surface area contributed by atoms with Crippen LogP contribution >= 0.6 is 0 Å². The summed E-state index contributed by atoms with van der Waals surface area (Å²) in [6, 6.07) is 15.8. The van der Waals surface area contributed by atoms with E-state index in [4.69, 9.17) is 5.84 Å². The second-order valence-corrected chi connectivity index (χ2v) is 5.83. The van der Waals surface area contributed by atoms with Gasteiger partial charge in [0.05, 0.1) is 11.2 Å². The standard InChI is InChI=1S/C19H17N5O4/c1-11(22-23-18(27)17(26)21-20)15-16(25)13-9-5-6-10-14(13)24(19(15)28)12-7-3-2-4-8-12/h2-10,25H,20H2,1H3,(H,21,26)(H,23,27). The van der Waals surface area contributed by atoms with E-state index in [1.54, 1.807) is 54.0 Å². The zero-order chi connectivity index (χ0) is 20.3. The maximum absolute atomic E-state index is 13.2. The van der Waals surface area contributed by atoms with Crippen molar-refractivity contribution in [2.75, 3.05) is 0 Å². The van der Waals surface area contributed by atoms with E-state index in [0.29, 0.717) is 16.6 Å². The number of aromatic hydroxyl groups is 1. The number of nitrogens with two attached hydrogens (primary N) is 1. The molecule has 3 rings (SSSR count). The van der Waals surface area contributed by atoms with E-state index in [1.807, 2.05) is 11.5 Å². The van der Waals surface area contributed by atoms with E-state index in [-0.39, 0.29) is 17.0 Å². The Labute approximate surface area is 159 Å². The molecule has 0 aliphatic carbocycles. The van der Waals surface area contributed by atoms with Gasteiger partial charge in [0.25, 0.3) is 5.56 Å². The van der Waals surface area contributed by atoms with Crippen LogP contribution in [0, 0.1) is 0 Å². The summed E-state index contributed by atoms with van der Waals surface area (Å²) in [6.45, 7) is 1.43. The third kappa shape index (κ3) is 3.33. The fraction of sp³-hybridized carbons (Fsp3) is 0.0526. The van der Waals surface area contributed by atoms with Gasteiger partial charge in [-0.3, -0.25) is 24.4 Å². The Morgan fingerprint density at radius 1 is 1.04 bits per heavy atom. The van der Waals surface area contributed by atoms with Crippen molar-refractivity contribution in [2.24, 2.45) is 10.9 Å². The summed E-state index contributed by atoms with van der Waals surface area (Å²) in [4.78, 5) is 35.9. The molecule has 1 aromatic heterocycles. The van der Waals surface area contributed by atoms with E-state index in [0.717, 1.165) is 0 Å². The lowest BCUT2D eigenvalue weighted by atomic mass is 10.1. The number of nitrogens with one attached hydrogen (secondary N) is 2. The molecule has 9 heteroatoms. The molecule has 0 saturated carbocycles. The fourth-order valence-corrected chi connectivity index (χ4v) is 2.79. The molecule has 3 aromatic rings. The Balaban J connectivity index is 2.23. The zero-order valence-electron chi connectivity index (χ0n) is 14.8. The van der Waals surface area contributed by atoms with E-state index in [9.17, 15) is 19.5 Å². The van der Waals surface area contributed by atoms with Gasteiger partial charge < -0.3 is 5.11 Å². The van der Waals surface area contributed by atoms with Crippen molar-refractivity contribution >= 4 is 28.4 Å². The molecule has 0 spiro atoms. The van der Waals surface area contributed by atoms with E-state index in [2.05, 4.69) is 5.10 Å². The van der Waals surface area contributed by atoms with Crippen LogP contribution in [0.5, 0.6) is 5.75 Å². The van der Waals surface area contributed by atoms with E-state index in [1.165, 1.54) is 11.5 Å². The Kier molecular flexibility index (Phi) is 5.18. The van der Waals surface area contributed by atoms with Crippen LogP contribution in [-0.2, 0) is 9.59 Å². The quantitative estimate of drug-likeness (QED) is 0.173. The number of hydrogen-bond acceptors (Lipinski definition) is 6. The van der Waals surface area contributed by atoms with Crippen molar-refractivity contribution in [2.45, 2.75) is 6.92 Å². The fourth-order valence-electron chi connectivity index (χ4n) is 2.79. The van der Waals surface area contributed by atoms with Crippen molar-refractivity contribution in [1.29, 1.82) is 0 Å². The van der Waals surface area contributed by atoms with E-state index >= 15 is 0 Å². The van der Waals surface area contributed by atoms with Crippen LogP contribution in [0.4, 0.5) is 0 Å². The number of benzene rings is 2. The predicted molar refractivity (Wildman–Crippen MR) is 104 cm³/mol. The molecule has 142 valence electrons. The Morgan fingerprint density at radius 2 is 1.68 bits per heavy atom. The number of carbonyl (C=O) groups is 2. The molecule has 0 fully saturated rings. The number of fused-ring (bicyclic) bond motifs is 1. The lowest BCUT2D eigenvalue weighted by molar-refractivity contribution is -0.139. The number of amides is 2. The first-order valence-corrected chi connectivity index (χ1v) is 8.23. The van der Waals surface area contributed by atoms with Crippen molar-refractivity contribution < 1.29 is 14.7 Å². The number of hydrazine groups is 1. The topological polar surface area (TPSA) is 139 Å². The number of hydrogen-bond donors (Lipinski definition) is 4. The third-order valence-electron chi connectivity index (χ3n) is 4.09. The largest absolute Gasteiger partial charge is 0.506 e. The monoisotopic (exact) mass is 379 g/mol. The lowest BCUT2D eigenvalue weighted by Gasteiger charge is -2.15. The molecule has 0 radical (unpaired) electrons. The first-order chi connectivity index (χ1) is 13.5. The van der Waals surface area contributed by atoms with Crippen molar-refractivity contribution in [1.82, 2.24) is 15.4 Å². The highest BCUT2D eigenvalue weighted by molar-refractivity contribution is 6.35. The predicted octanol–water partition coefficient (Wildman–Crippen LogP) is 0.526. The number of aromatic nitrogens is 1. The minimum Gasteiger partial charge on any atom is -0.506 e. The summed E-state index contributed by atoms with van der Waals surface area (Å²) in [5.74, 6) is 2.41. The van der Waals surface area contributed by atoms with Gasteiger partial charge in [0.15, 0.2) is 0 Å². The average molecular weight is 379 g/mol. The summed E-state index contributed by atoms with van der Waals surface area (Å²) in [5, 5.41) is 14.9. The summed E-state index contributed by atoms with van der Waals surface area (Å²) >= 11 is 0. The summed E-state index contributed by atoms with van der Waals surface area (Å²) in [5.41, 5.74) is 4.17. The molecule has 0 atom stereocenters. The molecule has 2 amide bonds. The maximum Gasteiger partial charge on any atom is 0.330 e. The van der Waals surface area contributed by atoms with Gasteiger partial charge in [-0.25, -0.2) is 11.3 Å². The highest BCUT2D eigenvalue weighted by atomic mass is 16.3. The first-order valence-electron chi connectivity index (χ1n) is 8.23. The van der Waals surface area contributed by atoms with Gasteiger partial charge in [0, 0.05) is 11.1 Å². The molecule has 0 bridgehead atoms. The number of hydrazone groups is 1. The molecule has 5 N–H and O–H groups in total. The highest BCUT2D eigenvalue weighted by Gasteiger charge is 2.20. The molecule has 2 aromatic carbocycles. The molecule has 1 heterocycles. The van der Waals surface area contributed by atoms with Gasteiger partial charge in [-0.2, -0.15) is 5.10 Å². The zero-order valence-corrected chi connectivity index (χ0v) is 14.8. The van der Waals surface area contributed by atoms with Gasteiger partial charge in [-0.1, -0.05) is 30.3 Å². The van der Waals surface area contributed by atoms with Gasteiger partial charge in [-0.05, 0) is 31.2 Å². The Bertz CT molecular complexity index is 1150. The number of nitrogens with zero attached hydrogens (tertiary/aromatic N) is 2. The molecule has 28 heavy (non-hydrogen) atoms. The van der Waals surface area contributed by atoms with Crippen molar-refractivity contribution in [3.63, 3.8) is 0 Å². The average Bonchev–Trinajstić information content (AvgIpc) is 2.72. The van der Waals surface area contributed by atoms with Crippen molar-refractivity contribution in [3.05, 3.63) is 70.5 Å². The summed E-state index contributed by atoms with van der Waals surface area (Å²) in [7, 11) is 0. The molecule has 0 saturated heterocycles. The molecular formula is C19H17N5O4. The van der Waals surface area contributed by atoms with Crippen LogP contribution in [0.1, 0.15) is 12.5 Å². The van der Waals surface area contributed by atoms with Gasteiger partial charge in [0.1, 0.15) is 11.3 Å². The molecule has 0 unspecified atom stereocenters. The van der Waals surface area contributed by atoms with Gasteiger partial charge >= 0.3 is 11.8 Å². The number of rotatable bonds is 3. The minimum absolute atomic E-state index is 0.0242. The molecular weight excluding hydrogens is 362 g/mol. The summed E-state index contributed by atoms with van der Waals surface area (Å²) < 4.78 is 1.44. The maximum atomic E-state index is 13.2. The SMILES string of the molecule is CC(=NNC(=O)C(=O)NN)c1c(O)c2ccccc2n(-c2ccccc2)c1=O. The third-order valence-corrected chi connectivity index (χ3v) is 4.09. The Hall–Kier alpha value is -3.98. The van der Waals surface area contributed by atoms with Crippen LogP contribution in [0.3, 0.4) is 0 Å². The van der Waals surface area contributed by atoms with Gasteiger partial charge in [0.2, 0.25) is 0 Å². The lowest BCUT2D eigenvalue weighted by Crippen LogP contribution is -2.41. The smallest absolute Gasteiger partial charge is 0.330 e.